The van der Waals surface area contributed by atoms with Gasteiger partial charge in [0.1, 0.15) is 5.75 Å². The van der Waals surface area contributed by atoms with Crippen LogP contribution >= 0.6 is 24.0 Å². The van der Waals surface area contributed by atoms with Gasteiger partial charge >= 0.3 is 0 Å². The second-order valence-corrected chi connectivity index (χ2v) is 8.30. The number of rotatable bonds is 8. The smallest absolute Gasteiger partial charge is 0.222 e. The molecule has 0 spiro atoms. The lowest BCUT2D eigenvalue weighted by atomic mass is 10.1. The number of hydrogen-bond acceptors (Lipinski definition) is 3. The molecule has 0 radical (unpaired) electrons. The quantitative estimate of drug-likeness (QED) is 0.291. The van der Waals surface area contributed by atoms with Crippen LogP contribution in [0.4, 0.5) is 0 Å². The number of guanidine groups is 1. The third kappa shape index (κ3) is 7.69. The Morgan fingerprint density at radius 3 is 2.56 bits per heavy atom. The van der Waals surface area contributed by atoms with Gasteiger partial charge in [0.2, 0.25) is 5.91 Å². The highest BCUT2D eigenvalue weighted by Crippen LogP contribution is 2.21. The topological polar surface area (TPSA) is 66.0 Å². The third-order valence-corrected chi connectivity index (χ3v) is 5.25. The summed E-state index contributed by atoms with van der Waals surface area (Å²) in [5, 5.41) is 6.75. The molecule has 6 nitrogen and oxygen atoms in total. The van der Waals surface area contributed by atoms with E-state index in [1.807, 2.05) is 24.8 Å². The van der Waals surface area contributed by atoms with Gasteiger partial charge in [0.25, 0.3) is 0 Å². The first kappa shape index (κ1) is 26.0. The minimum absolute atomic E-state index is 0. The minimum atomic E-state index is 0. The van der Waals surface area contributed by atoms with Crippen LogP contribution in [-0.2, 0) is 24.4 Å². The average molecular weight is 550 g/mol. The molecule has 0 bridgehead atoms. The molecule has 0 aliphatic carbocycles. The molecule has 2 aromatic rings. The van der Waals surface area contributed by atoms with Crippen molar-refractivity contribution in [3.63, 3.8) is 0 Å². The summed E-state index contributed by atoms with van der Waals surface area (Å²) < 4.78 is 5.97. The van der Waals surface area contributed by atoms with Crippen LogP contribution in [0.5, 0.6) is 5.75 Å². The number of aryl methyl sites for hydroxylation is 1. The molecule has 3 rings (SSSR count). The highest BCUT2D eigenvalue weighted by molar-refractivity contribution is 14.0. The number of nitrogens with zero attached hydrogens (tertiary/aromatic N) is 2. The maximum Gasteiger partial charge on any atom is 0.222 e. The van der Waals surface area contributed by atoms with Crippen LogP contribution in [0.3, 0.4) is 0 Å². The summed E-state index contributed by atoms with van der Waals surface area (Å²) in [5.74, 6) is 1.89. The average Bonchev–Trinajstić information content (AvgIpc) is 3.13. The van der Waals surface area contributed by atoms with Crippen molar-refractivity contribution in [3.8, 4) is 5.75 Å². The lowest BCUT2D eigenvalue weighted by Gasteiger charge is -2.18. The molecule has 1 heterocycles. The molecule has 1 amide bonds. The van der Waals surface area contributed by atoms with E-state index in [1.165, 1.54) is 5.56 Å². The highest BCUT2D eigenvalue weighted by Gasteiger charge is 2.19. The summed E-state index contributed by atoms with van der Waals surface area (Å²) in [7, 11) is 1.77. The summed E-state index contributed by atoms with van der Waals surface area (Å²) in [4.78, 5) is 18.2. The second kappa shape index (κ2) is 12.7. The molecule has 2 aromatic carbocycles. The van der Waals surface area contributed by atoms with Crippen LogP contribution in [0.25, 0.3) is 0 Å². The van der Waals surface area contributed by atoms with Gasteiger partial charge in [-0.3, -0.25) is 9.79 Å². The van der Waals surface area contributed by atoms with Crippen LogP contribution in [0.15, 0.2) is 47.5 Å². The molecule has 0 saturated carbocycles. The Bertz CT molecular complexity index is 930. The number of benzene rings is 2. The van der Waals surface area contributed by atoms with Gasteiger partial charge in [-0.2, -0.15) is 0 Å². The standard InChI is InChI=1S/C25H34N4O2.HI/c1-18(2)31-23-13-19(3)10-11-22(23)16-28-25(26-4)27-15-20-7-5-8-21(14-20)17-29-12-6-9-24(29)30;/h5,7-8,10-11,13-14,18H,6,9,12,15-17H2,1-4H3,(H2,26,27,28);1H. The first-order chi connectivity index (χ1) is 14.9. The van der Waals surface area contributed by atoms with Crippen molar-refractivity contribution < 1.29 is 9.53 Å². The summed E-state index contributed by atoms with van der Waals surface area (Å²) in [6, 6.07) is 14.6. The Morgan fingerprint density at radius 1 is 1.12 bits per heavy atom. The van der Waals surface area contributed by atoms with E-state index in [4.69, 9.17) is 4.74 Å². The van der Waals surface area contributed by atoms with Gasteiger partial charge in [0.05, 0.1) is 6.10 Å². The summed E-state index contributed by atoms with van der Waals surface area (Å²) in [5.41, 5.74) is 4.59. The fraction of sp³-hybridized carbons (Fsp3) is 0.440. The number of likely N-dealkylation sites (tertiary alicyclic amines) is 1. The van der Waals surface area contributed by atoms with E-state index in [9.17, 15) is 4.79 Å². The van der Waals surface area contributed by atoms with Crippen molar-refractivity contribution >= 4 is 35.8 Å². The summed E-state index contributed by atoms with van der Waals surface area (Å²) in [6.07, 6.45) is 1.77. The monoisotopic (exact) mass is 550 g/mol. The molecule has 2 N–H and O–H groups in total. The molecule has 0 atom stereocenters. The number of carbonyl (C=O) groups excluding carboxylic acids is 1. The zero-order valence-corrected chi connectivity index (χ0v) is 21.8. The molecule has 32 heavy (non-hydrogen) atoms. The van der Waals surface area contributed by atoms with Gasteiger partial charge < -0.3 is 20.3 Å². The molecular formula is C25H35IN4O2. The molecule has 1 aliphatic rings. The predicted molar refractivity (Wildman–Crippen MR) is 140 cm³/mol. The van der Waals surface area contributed by atoms with Crippen molar-refractivity contribution in [2.45, 2.75) is 59.4 Å². The van der Waals surface area contributed by atoms with E-state index < -0.39 is 0 Å². The zero-order valence-electron chi connectivity index (χ0n) is 19.5. The van der Waals surface area contributed by atoms with E-state index in [2.05, 4.69) is 58.9 Å². The van der Waals surface area contributed by atoms with E-state index in [-0.39, 0.29) is 36.0 Å². The van der Waals surface area contributed by atoms with Crippen LogP contribution < -0.4 is 15.4 Å². The molecule has 7 heteroatoms. The highest BCUT2D eigenvalue weighted by atomic mass is 127. The molecule has 1 fully saturated rings. The van der Waals surface area contributed by atoms with Gasteiger partial charge in [-0.15, -0.1) is 24.0 Å². The van der Waals surface area contributed by atoms with Crippen molar-refractivity contribution in [1.29, 1.82) is 0 Å². The number of nitrogens with one attached hydrogen (secondary N) is 2. The van der Waals surface area contributed by atoms with Crippen LogP contribution in [0.2, 0.25) is 0 Å². The lowest BCUT2D eigenvalue weighted by molar-refractivity contribution is -0.128. The second-order valence-electron chi connectivity index (χ2n) is 8.30. The van der Waals surface area contributed by atoms with E-state index in [0.29, 0.717) is 26.1 Å². The van der Waals surface area contributed by atoms with Gasteiger partial charge in [0, 0.05) is 45.2 Å². The number of ether oxygens (including phenoxy) is 1. The van der Waals surface area contributed by atoms with E-state index >= 15 is 0 Å². The van der Waals surface area contributed by atoms with Crippen molar-refractivity contribution in [1.82, 2.24) is 15.5 Å². The van der Waals surface area contributed by atoms with Gasteiger partial charge in [-0.25, -0.2) is 0 Å². The molecule has 174 valence electrons. The maximum absolute atomic E-state index is 11.9. The van der Waals surface area contributed by atoms with Crippen molar-refractivity contribution in [3.05, 3.63) is 64.7 Å². The first-order valence-electron chi connectivity index (χ1n) is 11.0. The van der Waals surface area contributed by atoms with Crippen LogP contribution in [-0.4, -0.2) is 36.5 Å². The largest absolute Gasteiger partial charge is 0.491 e. The van der Waals surface area contributed by atoms with E-state index in [0.717, 1.165) is 41.4 Å². The zero-order chi connectivity index (χ0) is 22.2. The number of halogens is 1. The molecular weight excluding hydrogens is 515 g/mol. The molecule has 1 aliphatic heterocycles. The number of aliphatic imine (C=N–C) groups is 1. The van der Waals surface area contributed by atoms with Gasteiger partial charge in [0.15, 0.2) is 5.96 Å². The lowest BCUT2D eigenvalue weighted by Crippen LogP contribution is -2.36. The Hall–Kier alpha value is -2.29. The number of hydrogen-bond donors (Lipinski definition) is 2. The first-order valence-corrected chi connectivity index (χ1v) is 11.0. The molecule has 1 saturated heterocycles. The number of carbonyl (C=O) groups is 1. The Balaban J connectivity index is 0.00000363. The summed E-state index contributed by atoms with van der Waals surface area (Å²) in [6.45, 7) is 8.97. The molecule has 0 aromatic heterocycles. The minimum Gasteiger partial charge on any atom is -0.491 e. The van der Waals surface area contributed by atoms with Crippen LogP contribution in [0, 0.1) is 6.92 Å². The fourth-order valence-electron chi connectivity index (χ4n) is 3.69. The van der Waals surface area contributed by atoms with Crippen molar-refractivity contribution in [2.24, 2.45) is 4.99 Å². The Kier molecular flexibility index (Phi) is 10.3. The Morgan fingerprint density at radius 2 is 1.88 bits per heavy atom. The van der Waals surface area contributed by atoms with E-state index in [1.54, 1.807) is 7.05 Å². The summed E-state index contributed by atoms with van der Waals surface area (Å²) >= 11 is 0. The van der Waals surface area contributed by atoms with Crippen LogP contribution in [0.1, 0.15) is 48.9 Å². The predicted octanol–water partition coefficient (Wildman–Crippen LogP) is 4.39. The molecule has 0 unspecified atom stereocenters. The normalized spacial score (nSPS) is 13.8. The van der Waals surface area contributed by atoms with Gasteiger partial charge in [-0.05, 0) is 49.9 Å². The fourth-order valence-corrected chi connectivity index (χ4v) is 3.69. The SMILES string of the molecule is CN=C(NCc1cccc(CN2CCCC2=O)c1)NCc1ccc(C)cc1OC(C)C.I. The Labute approximate surface area is 208 Å². The number of amides is 1. The third-order valence-electron chi connectivity index (χ3n) is 5.25. The maximum atomic E-state index is 11.9. The van der Waals surface area contributed by atoms with Crippen molar-refractivity contribution in [2.75, 3.05) is 13.6 Å². The van der Waals surface area contributed by atoms with Gasteiger partial charge in [-0.1, -0.05) is 36.4 Å².